The van der Waals surface area contributed by atoms with Crippen molar-refractivity contribution < 1.29 is 4.52 Å². The molecule has 25 heavy (non-hydrogen) atoms. The van der Waals surface area contributed by atoms with Gasteiger partial charge in [-0.15, -0.1) is 0 Å². The Morgan fingerprint density at radius 1 is 1.24 bits per heavy atom. The first-order chi connectivity index (χ1) is 12.2. The summed E-state index contributed by atoms with van der Waals surface area (Å²) in [6.07, 6.45) is 9.36. The maximum absolute atomic E-state index is 5.42. The van der Waals surface area contributed by atoms with Crippen molar-refractivity contribution in [3.8, 4) is 0 Å². The van der Waals surface area contributed by atoms with E-state index in [0.717, 1.165) is 37.8 Å². The van der Waals surface area contributed by atoms with Crippen molar-refractivity contribution >= 4 is 0 Å². The molecule has 1 saturated heterocycles. The molecule has 1 aliphatic heterocycles. The van der Waals surface area contributed by atoms with Gasteiger partial charge in [0.25, 0.3) is 0 Å². The number of hydrogen-bond donors (Lipinski definition) is 0. The Hall–Kier alpha value is -1.75. The number of nitrogens with zero attached hydrogens (tertiary/aromatic N) is 4. The molecule has 5 heteroatoms. The molecule has 4 rings (SSSR count). The van der Waals surface area contributed by atoms with Crippen LogP contribution in [-0.4, -0.2) is 33.1 Å². The van der Waals surface area contributed by atoms with Gasteiger partial charge < -0.3 is 4.52 Å². The maximum atomic E-state index is 5.42. The maximum Gasteiger partial charge on any atom is 0.229 e. The van der Waals surface area contributed by atoms with Gasteiger partial charge in [-0.25, -0.2) is 0 Å². The van der Waals surface area contributed by atoms with Gasteiger partial charge in [0.05, 0.1) is 5.69 Å². The average Bonchev–Trinajstić information content (AvgIpc) is 3.13. The van der Waals surface area contributed by atoms with E-state index in [9.17, 15) is 0 Å². The van der Waals surface area contributed by atoms with Crippen LogP contribution < -0.4 is 0 Å². The number of rotatable bonds is 4. The fourth-order valence-corrected chi connectivity index (χ4v) is 4.14. The van der Waals surface area contributed by atoms with Gasteiger partial charge in [-0.3, -0.25) is 9.88 Å². The highest BCUT2D eigenvalue weighted by Gasteiger charge is 2.27. The number of aryl methyl sites for hydroxylation is 1. The Morgan fingerprint density at radius 2 is 2.12 bits per heavy atom. The standard InChI is InChI=1S/C20H28N4O/c1-14(2)20-22-19(23-25-20)16-7-5-11-24(12-16)13-18-17-8-4-3-6-15(17)9-10-21-18/h9-10,14,16H,3-8,11-13H2,1-2H3. The molecular formula is C20H28N4O. The molecule has 0 spiro atoms. The molecule has 5 nitrogen and oxygen atoms in total. The van der Waals surface area contributed by atoms with Gasteiger partial charge in [-0.1, -0.05) is 19.0 Å². The Kier molecular flexibility index (Phi) is 4.84. The SMILES string of the molecule is CC(C)c1nc(C2CCCN(Cc3nccc4c3CCCC4)C2)no1. The second kappa shape index (κ2) is 7.24. The van der Waals surface area contributed by atoms with Gasteiger partial charge >= 0.3 is 0 Å². The molecule has 0 N–H and O–H groups in total. The van der Waals surface area contributed by atoms with Crippen molar-refractivity contribution in [2.75, 3.05) is 13.1 Å². The van der Waals surface area contributed by atoms with E-state index in [4.69, 9.17) is 9.51 Å². The number of piperidine rings is 1. The lowest BCUT2D eigenvalue weighted by Gasteiger charge is -2.32. The summed E-state index contributed by atoms with van der Waals surface area (Å²) in [6, 6.07) is 2.21. The molecule has 2 aromatic heterocycles. The molecule has 1 fully saturated rings. The Bertz CT molecular complexity index is 724. The average molecular weight is 340 g/mol. The minimum Gasteiger partial charge on any atom is -0.339 e. The Labute approximate surface area is 149 Å². The summed E-state index contributed by atoms with van der Waals surface area (Å²) < 4.78 is 5.42. The van der Waals surface area contributed by atoms with E-state index in [1.54, 1.807) is 0 Å². The highest BCUT2D eigenvalue weighted by Crippen LogP contribution is 2.29. The van der Waals surface area contributed by atoms with Crippen molar-refractivity contribution in [3.63, 3.8) is 0 Å². The third kappa shape index (κ3) is 3.61. The molecule has 0 bridgehead atoms. The van der Waals surface area contributed by atoms with Gasteiger partial charge in [0.15, 0.2) is 5.82 Å². The van der Waals surface area contributed by atoms with Crippen LogP contribution in [-0.2, 0) is 19.4 Å². The first kappa shape index (κ1) is 16.7. The van der Waals surface area contributed by atoms with Crippen LogP contribution in [0.15, 0.2) is 16.8 Å². The van der Waals surface area contributed by atoms with Crippen molar-refractivity contribution in [2.45, 2.75) is 70.8 Å². The third-order valence-corrected chi connectivity index (χ3v) is 5.56. The van der Waals surface area contributed by atoms with Crippen LogP contribution >= 0.6 is 0 Å². The molecule has 2 aliphatic rings. The van der Waals surface area contributed by atoms with Crippen LogP contribution in [0.2, 0.25) is 0 Å². The van der Waals surface area contributed by atoms with E-state index in [1.807, 2.05) is 6.20 Å². The minimum atomic E-state index is 0.293. The van der Waals surface area contributed by atoms with Crippen molar-refractivity contribution in [1.29, 1.82) is 0 Å². The van der Waals surface area contributed by atoms with Crippen LogP contribution in [0, 0.1) is 0 Å². The normalized spacial score (nSPS) is 21.5. The first-order valence-electron chi connectivity index (χ1n) is 9.72. The lowest BCUT2D eigenvalue weighted by molar-refractivity contribution is 0.192. The molecule has 0 aromatic carbocycles. The molecule has 0 saturated carbocycles. The fraction of sp³-hybridized carbons (Fsp3) is 0.650. The van der Waals surface area contributed by atoms with Crippen molar-refractivity contribution in [1.82, 2.24) is 20.0 Å². The molecule has 0 radical (unpaired) electrons. The zero-order chi connectivity index (χ0) is 17.2. The first-order valence-corrected chi connectivity index (χ1v) is 9.72. The van der Waals surface area contributed by atoms with Gasteiger partial charge in [-0.05, 0) is 62.3 Å². The summed E-state index contributed by atoms with van der Waals surface area (Å²) in [7, 11) is 0. The molecule has 0 amide bonds. The predicted octanol–water partition coefficient (Wildman–Crippen LogP) is 3.85. The number of hydrogen-bond acceptors (Lipinski definition) is 5. The van der Waals surface area contributed by atoms with E-state index in [-0.39, 0.29) is 0 Å². The highest BCUT2D eigenvalue weighted by atomic mass is 16.5. The summed E-state index contributed by atoms with van der Waals surface area (Å²) >= 11 is 0. The topological polar surface area (TPSA) is 55.1 Å². The highest BCUT2D eigenvalue weighted by molar-refractivity contribution is 5.32. The monoisotopic (exact) mass is 340 g/mol. The zero-order valence-electron chi connectivity index (χ0n) is 15.4. The van der Waals surface area contributed by atoms with Gasteiger partial charge in [-0.2, -0.15) is 4.98 Å². The minimum absolute atomic E-state index is 0.293. The smallest absolute Gasteiger partial charge is 0.229 e. The molecular weight excluding hydrogens is 312 g/mol. The lowest BCUT2D eigenvalue weighted by Crippen LogP contribution is -2.35. The number of aromatic nitrogens is 3. The Morgan fingerprint density at radius 3 is 2.96 bits per heavy atom. The second-order valence-corrected chi connectivity index (χ2v) is 7.82. The summed E-state index contributed by atoms with van der Waals surface area (Å²) in [4.78, 5) is 11.9. The molecule has 1 unspecified atom stereocenters. The molecule has 1 aliphatic carbocycles. The van der Waals surface area contributed by atoms with Gasteiger partial charge in [0.1, 0.15) is 0 Å². The third-order valence-electron chi connectivity index (χ3n) is 5.56. The van der Waals surface area contributed by atoms with Crippen molar-refractivity contribution in [2.24, 2.45) is 0 Å². The largest absolute Gasteiger partial charge is 0.339 e. The molecule has 1 atom stereocenters. The Balaban J connectivity index is 1.46. The fourth-order valence-electron chi connectivity index (χ4n) is 4.14. The zero-order valence-corrected chi connectivity index (χ0v) is 15.4. The van der Waals surface area contributed by atoms with E-state index in [2.05, 4.69) is 35.0 Å². The number of pyridine rings is 1. The van der Waals surface area contributed by atoms with Crippen molar-refractivity contribution in [3.05, 3.63) is 40.8 Å². The summed E-state index contributed by atoms with van der Waals surface area (Å²) in [6.45, 7) is 7.27. The lowest BCUT2D eigenvalue weighted by atomic mass is 9.90. The van der Waals surface area contributed by atoms with E-state index >= 15 is 0 Å². The van der Waals surface area contributed by atoms with Crippen LogP contribution in [0.1, 0.15) is 79.9 Å². The number of likely N-dealkylation sites (tertiary alicyclic amines) is 1. The van der Waals surface area contributed by atoms with Gasteiger partial charge in [0, 0.05) is 31.1 Å². The second-order valence-electron chi connectivity index (χ2n) is 7.82. The molecule has 3 heterocycles. The molecule has 134 valence electrons. The molecule has 2 aromatic rings. The summed E-state index contributed by atoms with van der Waals surface area (Å²) in [5.41, 5.74) is 4.32. The van der Waals surface area contributed by atoms with Crippen LogP contribution in [0.5, 0.6) is 0 Å². The van der Waals surface area contributed by atoms with E-state index in [0.29, 0.717) is 11.8 Å². The van der Waals surface area contributed by atoms with E-state index in [1.165, 1.54) is 48.9 Å². The summed E-state index contributed by atoms with van der Waals surface area (Å²) in [5.74, 6) is 2.31. The van der Waals surface area contributed by atoms with Crippen LogP contribution in [0.25, 0.3) is 0 Å². The van der Waals surface area contributed by atoms with Gasteiger partial charge in [0.2, 0.25) is 5.89 Å². The summed E-state index contributed by atoms with van der Waals surface area (Å²) in [5, 5.41) is 4.24. The van der Waals surface area contributed by atoms with Crippen LogP contribution in [0.4, 0.5) is 0 Å². The quantitative estimate of drug-likeness (QED) is 0.846. The van der Waals surface area contributed by atoms with E-state index < -0.39 is 0 Å². The predicted molar refractivity (Wildman–Crippen MR) is 96.5 cm³/mol. The number of fused-ring (bicyclic) bond motifs is 1. The van der Waals surface area contributed by atoms with Crippen LogP contribution in [0.3, 0.4) is 0 Å².